The van der Waals surface area contributed by atoms with Crippen LogP contribution in [-0.4, -0.2) is 22.4 Å². The highest BCUT2D eigenvalue weighted by molar-refractivity contribution is 9.10. The summed E-state index contributed by atoms with van der Waals surface area (Å²) in [5.41, 5.74) is 2.32. The van der Waals surface area contributed by atoms with E-state index in [4.69, 9.17) is 0 Å². The molecule has 1 saturated heterocycles. The highest BCUT2D eigenvalue weighted by atomic mass is 79.9. The molecular formula is C10H16BrN3. The number of aromatic nitrogens is 2. The second kappa shape index (κ2) is 4.03. The molecule has 0 radical (unpaired) electrons. The van der Waals surface area contributed by atoms with Gasteiger partial charge < -0.3 is 5.32 Å². The van der Waals surface area contributed by atoms with E-state index in [0.29, 0.717) is 6.04 Å². The molecular weight excluding hydrogens is 242 g/mol. The SMILES string of the molecule is Cc1nn(CC2CCCN2)c(C)c1Br. The van der Waals surface area contributed by atoms with Crippen molar-refractivity contribution >= 4 is 15.9 Å². The van der Waals surface area contributed by atoms with Crippen molar-refractivity contribution in [2.24, 2.45) is 0 Å². The predicted octanol–water partition coefficient (Wildman–Crippen LogP) is 2.01. The van der Waals surface area contributed by atoms with E-state index in [0.717, 1.165) is 23.3 Å². The van der Waals surface area contributed by atoms with E-state index in [1.807, 2.05) is 6.92 Å². The Morgan fingerprint density at radius 3 is 2.86 bits per heavy atom. The Balaban J connectivity index is 2.12. The van der Waals surface area contributed by atoms with Crippen molar-refractivity contribution in [1.82, 2.24) is 15.1 Å². The van der Waals surface area contributed by atoms with Gasteiger partial charge in [-0.3, -0.25) is 4.68 Å². The molecule has 0 aromatic carbocycles. The first-order valence-electron chi connectivity index (χ1n) is 5.11. The lowest BCUT2D eigenvalue weighted by Crippen LogP contribution is -2.27. The minimum Gasteiger partial charge on any atom is -0.312 e. The molecule has 78 valence electrons. The molecule has 1 aromatic heterocycles. The summed E-state index contributed by atoms with van der Waals surface area (Å²) in [5.74, 6) is 0. The molecule has 14 heavy (non-hydrogen) atoms. The van der Waals surface area contributed by atoms with Crippen molar-refractivity contribution in [3.05, 3.63) is 15.9 Å². The van der Waals surface area contributed by atoms with Crippen molar-refractivity contribution in [2.45, 2.75) is 39.3 Å². The summed E-state index contributed by atoms with van der Waals surface area (Å²) in [6.07, 6.45) is 2.57. The fourth-order valence-electron chi connectivity index (χ4n) is 1.97. The van der Waals surface area contributed by atoms with Gasteiger partial charge in [0.05, 0.1) is 16.7 Å². The summed E-state index contributed by atoms with van der Waals surface area (Å²) in [5, 5.41) is 7.99. The molecule has 1 aliphatic heterocycles. The molecule has 1 fully saturated rings. The zero-order valence-electron chi connectivity index (χ0n) is 8.68. The molecule has 1 atom stereocenters. The Morgan fingerprint density at radius 1 is 1.57 bits per heavy atom. The zero-order chi connectivity index (χ0) is 10.1. The highest BCUT2D eigenvalue weighted by Gasteiger charge is 2.17. The third kappa shape index (κ3) is 1.86. The Kier molecular flexibility index (Phi) is 2.93. The quantitative estimate of drug-likeness (QED) is 0.879. The summed E-state index contributed by atoms with van der Waals surface area (Å²) in [6.45, 7) is 6.30. The van der Waals surface area contributed by atoms with Crippen molar-refractivity contribution < 1.29 is 0 Å². The molecule has 1 N–H and O–H groups in total. The Labute approximate surface area is 93.0 Å². The van der Waals surface area contributed by atoms with Gasteiger partial charge in [-0.05, 0) is 49.2 Å². The second-order valence-corrected chi connectivity index (χ2v) is 4.75. The fraction of sp³-hybridized carbons (Fsp3) is 0.700. The van der Waals surface area contributed by atoms with Gasteiger partial charge >= 0.3 is 0 Å². The topological polar surface area (TPSA) is 29.9 Å². The van der Waals surface area contributed by atoms with Gasteiger partial charge in [-0.2, -0.15) is 5.10 Å². The molecule has 0 bridgehead atoms. The lowest BCUT2D eigenvalue weighted by Gasteiger charge is -2.11. The van der Waals surface area contributed by atoms with Gasteiger partial charge in [0.25, 0.3) is 0 Å². The standard InChI is InChI=1S/C10H16BrN3/c1-7-10(11)8(2)14(13-7)6-9-4-3-5-12-9/h9,12H,3-6H2,1-2H3. The summed E-state index contributed by atoms with van der Waals surface area (Å²) < 4.78 is 3.25. The van der Waals surface area contributed by atoms with Crippen LogP contribution in [0.5, 0.6) is 0 Å². The molecule has 0 spiro atoms. The van der Waals surface area contributed by atoms with Crippen molar-refractivity contribution in [3.8, 4) is 0 Å². The average Bonchev–Trinajstić information content (AvgIpc) is 2.73. The van der Waals surface area contributed by atoms with E-state index in [2.05, 4.69) is 38.0 Å². The van der Waals surface area contributed by atoms with Gasteiger partial charge in [-0.15, -0.1) is 0 Å². The molecule has 0 aliphatic carbocycles. The summed E-state index contributed by atoms with van der Waals surface area (Å²) >= 11 is 3.55. The monoisotopic (exact) mass is 257 g/mol. The minimum absolute atomic E-state index is 0.611. The maximum Gasteiger partial charge on any atom is 0.0738 e. The molecule has 3 nitrogen and oxygen atoms in total. The van der Waals surface area contributed by atoms with Crippen LogP contribution < -0.4 is 5.32 Å². The summed E-state index contributed by atoms with van der Waals surface area (Å²) in [4.78, 5) is 0. The smallest absolute Gasteiger partial charge is 0.0738 e. The molecule has 1 aliphatic rings. The Bertz CT molecular complexity index is 326. The maximum atomic E-state index is 4.50. The van der Waals surface area contributed by atoms with E-state index in [9.17, 15) is 0 Å². The number of nitrogens with zero attached hydrogens (tertiary/aromatic N) is 2. The number of hydrogen-bond donors (Lipinski definition) is 1. The predicted molar refractivity (Wildman–Crippen MR) is 60.4 cm³/mol. The number of halogens is 1. The van der Waals surface area contributed by atoms with Crippen LogP contribution in [0.25, 0.3) is 0 Å². The molecule has 2 rings (SSSR count). The lowest BCUT2D eigenvalue weighted by molar-refractivity contribution is 0.467. The van der Waals surface area contributed by atoms with Crippen molar-refractivity contribution in [3.63, 3.8) is 0 Å². The average molecular weight is 258 g/mol. The van der Waals surface area contributed by atoms with Crippen LogP contribution in [0, 0.1) is 13.8 Å². The lowest BCUT2D eigenvalue weighted by atomic mass is 10.2. The molecule has 1 aromatic rings. The van der Waals surface area contributed by atoms with E-state index < -0.39 is 0 Å². The van der Waals surface area contributed by atoms with Crippen molar-refractivity contribution in [1.29, 1.82) is 0 Å². The van der Waals surface area contributed by atoms with Gasteiger partial charge in [-0.1, -0.05) is 0 Å². The van der Waals surface area contributed by atoms with Crippen LogP contribution in [0.1, 0.15) is 24.2 Å². The highest BCUT2D eigenvalue weighted by Crippen LogP contribution is 2.20. The van der Waals surface area contributed by atoms with Gasteiger partial charge in [0.1, 0.15) is 0 Å². The van der Waals surface area contributed by atoms with E-state index in [-0.39, 0.29) is 0 Å². The normalized spacial score (nSPS) is 21.8. The summed E-state index contributed by atoms with van der Waals surface area (Å²) in [6, 6.07) is 0.611. The molecule has 4 heteroatoms. The minimum atomic E-state index is 0.611. The van der Waals surface area contributed by atoms with Gasteiger partial charge in [0.2, 0.25) is 0 Å². The van der Waals surface area contributed by atoms with E-state index in [1.165, 1.54) is 18.5 Å². The van der Waals surface area contributed by atoms with E-state index >= 15 is 0 Å². The number of aryl methyl sites for hydroxylation is 1. The first-order valence-corrected chi connectivity index (χ1v) is 5.90. The number of rotatable bonds is 2. The third-order valence-electron chi connectivity index (χ3n) is 2.85. The number of nitrogens with one attached hydrogen (secondary N) is 1. The van der Waals surface area contributed by atoms with Crippen LogP contribution in [0.15, 0.2) is 4.47 Å². The summed E-state index contributed by atoms with van der Waals surface area (Å²) in [7, 11) is 0. The van der Waals surface area contributed by atoms with Crippen LogP contribution in [0.3, 0.4) is 0 Å². The van der Waals surface area contributed by atoms with Gasteiger partial charge in [0.15, 0.2) is 0 Å². The maximum absolute atomic E-state index is 4.50. The molecule has 1 unspecified atom stereocenters. The van der Waals surface area contributed by atoms with Crippen LogP contribution in [0.2, 0.25) is 0 Å². The number of hydrogen-bond acceptors (Lipinski definition) is 2. The molecule has 2 heterocycles. The molecule has 0 amide bonds. The zero-order valence-corrected chi connectivity index (χ0v) is 10.3. The van der Waals surface area contributed by atoms with E-state index in [1.54, 1.807) is 0 Å². The Morgan fingerprint density at radius 2 is 2.36 bits per heavy atom. The first kappa shape index (κ1) is 10.2. The van der Waals surface area contributed by atoms with Crippen LogP contribution >= 0.6 is 15.9 Å². The molecule has 0 saturated carbocycles. The van der Waals surface area contributed by atoms with Gasteiger partial charge in [0, 0.05) is 11.7 Å². The van der Waals surface area contributed by atoms with Crippen LogP contribution in [-0.2, 0) is 6.54 Å². The first-order chi connectivity index (χ1) is 6.68. The Hall–Kier alpha value is -0.350. The van der Waals surface area contributed by atoms with Crippen LogP contribution in [0.4, 0.5) is 0 Å². The third-order valence-corrected chi connectivity index (χ3v) is 4.00. The second-order valence-electron chi connectivity index (χ2n) is 3.96. The fourth-order valence-corrected chi connectivity index (χ4v) is 2.26. The van der Waals surface area contributed by atoms with Gasteiger partial charge in [-0.25, -0.2) is 0 Å². The largest absolute Gasteiger partial charge is 0.312 e. The van der Waals surface area contributed by atoms with Crippen molar-refractivity contribution in [2.75, 3.05) is 6.54 Å².